The fourth-order valence-electron chi connectivity index (χ4n) is 0.763. The van der Waals surface area contributed by atoms with Crippen molar-refractivity contribution in [1.82, 2.24) is 9.97 Å². The molecule has 0 amide bonds. The Morgan fingerprint density at radius 1 is 1.67 bits per heavy atom. The minimum Gasteiger partial charge on any atom is -0.479 e. The summed E-state index contributed by atoms with van der Waals surface area (Å²) in [4.78, 5) is 16.6. The molecule has 0 aliphatic carbocycles. The molecule has 0 fully saturated rings. The van der Waals surface area contributed by atoms with Crippen LogP contribution in [0.15, 0.2) is 17.1 Å². The van der Waals surface area contributed by atoms with E-state index in [-0.39, 0.29) is 5.69 Å². The van der Waals surface area contributed by atoms with Gasteiger partial charge >= 0.3 is 5.69 Å². The third-order valence-corrected chi connectivity index (χ3v) is 1.40. The van der Waals surface area contributed by atoms with Gasteiger partial charge in [0.15, 0.2) is 5.88 Å². The lowest BCUT2D eigenvalue weighted by Gasteiger charge is -2.02. The molecule has 0 aliphatic heterocycles. The molecule has 1 heterocycles. The highest BCUT2D eigenvalue weighted by atomic mass is 16.5. The smallest absolute Gasteiger partial charge is 0.347 e. The summed E-state index contributed by atoms with van der Waals surface area (Å²) in [6.07, 6.45) is 3.50. The highest BCUT2D eigenvalue weighted by molar-refractivity contribution is 5.04. The number of nitrogens with one attached hydrogen (secondary N) is 1. The fraction of sp³-hybridized carbons (Fsp3) is 0.500. The summed E-state index contributed by atoms with van der Waals surface area (Å²) in [5.41, 5.74) is -0.371. The number of hydrogen-bond donors (Lipinski definition) is 1. The first-order valence-electron chi connectivity index (χ1n) is 4.01. The van der Waals surface area contributed by atoms with E-state index >= 15 is 0 Å². The summed E-state index contributed by atoms with van der Waals surface area (Å²) in [6, 6.07) is 1.64. The third kappa shape index (κ3) is 2.74. The number of ether oxygens (including phenoxy) is 1. The molecule has 12 heavy (non-hydrogen) atoms. The van der Waals surface area contributed by atoms with Crippen LogP contribution in [-0.2, 0) is 0 Å². The van der Waals surface area contributed by atoms with Crippen LogP contribution in [0.25, 0.3) is 0 Å². The summed E-state index contributed by atoms with van der Waals surface area (Å²) in [5, 5.41) is 0. The molecule has 4 nitrogen and oxygen atoms in total. The molecule has 4 heteroatoms. The minimum absolute atomic E-state index is 0.371. The van der Waals surface area contributed by atoms with Gasteiger partial charge < -0.3 is 4.74 Å². The molecule has 1 aromatic rings. The first-order chi connectivity index (χ1) is 5.83. The third-order valence-electron chi connectivity index (χ3n) is 1.40. The molecule has 0 radical (unpaired) electrons. The average molecular weight is 168 g/mol. The number of nitrogens with zero attached hydrogens (tertiary/aromatic N) is 1. The quantitative estimate of drug-likeness (QED) is 0.681. The Labute approximate surface area is 70.6 Å². The van der Waals surface area contributed by atoms with Gasteiger partial charge in [-0.15, -0.1) is 0 Å². The fourth-order valence-corrected chi connectivity index (χ4v) is 0.763. The van der Waals surface area contributed by atoms with Crippen LogP contribution >= 0.6 is 0 Å². The number of unbranched alkanes of at least 4 members (excludes halogenated alkanes) is 1. The lowest BCUT2D eigenvalue weighted by Crippen LogP contribution is -2.10. The maximum absolute atomic E-state index is 10.7. The molecule has 0 saturated carbocycles. The van der Waals surface area contributed by atoms with Gasteiger partial charge in [0, 0.05) is 12.3 Å². The van der Waals surface area contributed by atoms with Gasteiger partial charge in [-0.1, -0.05) is 13.3 Å². The highest BCUT2D eigenvalue weighted by Gasteiger charge is 1.92. The van der Waals surface area contributed by atoms with Crippen LogP contribution in [0.1, 0.15) is 19.8 Å². The zero-order chi connectivity index (χ0) is 8.81. The van der Waals surface area contributed by atoms with Gasteiger partial charge in [-0.2, -0.15) is 0 Å². The lowest BCUT2D eigenvalue weighted by molar-refractivity contribution is 0.296. The molecular formula is C8H12N2O2. The summed E-state index contributed by atoms with van der Waals surface area (Å²) in [7, 11) is 0. The molecule has 0 atom stereocenters. The van der Waals surface area contributed by atoms with Crippen molar-refractivity contribution in [2.24, 2.45) is 0 Å². The molecule has 0 aromatic carbocycles. The van der Waals surface area contributed by atoms with Crippen molar-refractivity contribution < 1.29 is 4.74 Å². The average Bonchev–Trinajstić information content (AvgIpc) is 2.05. The summed E-state index contributed by atoms with van der Waals surface area (Å²) in [6.45, 7) is 2.72. The van der Waals surface area contributed by atoms with Crippen LogP contribution in [0.2, 0.25) is 0 Å². The van der Waals surface area contributed by atoms with Gasteiger partial charge in [-0.3, -0.25) is 4.98 Å². The zero-order valence-electron chi connectivity index (χ0n) is 7.04. The predicted molar refractivity (Wildman–Crippen MR) is 45.3 cm³/mol. The first kappa shape index (κ1) is 8.77. The van der Waals surface area contributed by atoms with Crippen molar-refractivity contribution in [3.05, 3.63) is 22.7 Å². The van der Waals surface area contributed by atoms with E-state index in [4.69, 9.17) is 4.74 Å². The molecule has 0 aliphatic rings. The van der Waals surface area contributed by atoms with Crippen LogP contribution in [-0.4, -0.2) is 16.6 Å². The summed E-state index contributed by atoms with van der Waals surface area (Å²) >= 11 is 0. The maximum Gasteiger partial charge on any atom is 0.347 e. The van der Waals surface area contributed by atoms with Gasteiger partial charge in [0.1, 0.15) is 0 Å². The van der Waals surface area contributed by atoms with E-state index in [0.717, 1.165) is 12.8 Å². The van der Waals surface area contributed by atoms with Crippen molar-refractivity contribution >= 4 is 0 Å². The van der Waals surface area contributed by atoms with Crippen LogP contribution in [0.5, 0.6) is 5.88 Å². The topological polar surface area (TPSA) is 55.0 Å². The van der Waals surface area contributed by atoms with Crippen LogP contribution in [0.4, 0.5) is 0 Å². The SMILES string of the molecule is CCCCOc1ccnc(=O)[nH]1. The molecule has 1 N–H and O–H groups in total. The van der Waals surface area contributed by atoms with Gasteiger partial charge in [0.25, 0.3) is 0 Å². The molecular weight excluding hydrogens is 156 g/mol. The first-order valence-corrected chi connectivity index (χ1v) is 4.01. The molecule has 1 aromatic heterocycles. The van der Waals surface area contributed by atoms with E-state index in [0.29, 0.717) is 12.5 Å². The van der Waals surface area contributed by atoms with Crippen LogP contribution < -0.4 is 10.4 Å². The second kappa shape index (κ2) is 4.54. The Morgan fingerprint density at radius 3 is 3.17 bits per heavy atom. The Bertz CT molecular complexity index is 282. The monoisotopic (exact) mass is 168 g/mol. The number of hydrogen-bond acceptors (Lipinski definition) is 3. The minimum atomic E-state index is -0.371. The number of H-pyrrole nitrogens is 1. The standard InChI is InChI=1S/C8H12N2O2/c1-2-3-6-12-7-4-5-9-8(11)10-7/h4-5H,2-3,6H2,1H3,(H,9,10,11). The van der Waals surface area contributed by atoms with E-state index in [9.17, 15) is 4.79 Å². The largest absolute Gasteiger partial charge is 0.479 e. The van der Waals surface area contributed by atoms with Crippen LogP contribution in [0, 0.1) is 0 Å². The molecule has 0 unspecified atom stereocenters. The van der Waals surface area contributed by atoms with Crippen molar-refractivity contribution in [1.29, 1.82) is 0 Å². The molecule has 0 saturated heterocycles. The van der Waals surface area contributed by atoms with Crippen molar-refractivity contribution in [3.8, 4) is 5.88 Å². The van der Waals surface area contributed by atoms with Crippen LogP contribution in [0.3, 0.4) is 0 Å². The molecule has 66 valence electrons. The van der Waals surface area contributed by atoms with Gasteiger partial charge in [0.05, 0.1) is 6.61 Å². The predicted octanol–water partition coefficient (Wildman–Crippen LogP) is 0.949. The van der Waals surface area contributed by atoms with Crippen molar-refractivity contribution in [3.63, 3.8) is 0 Å². The number of aromatic nitrogens is 2. The Morgan fingerprint density at radius 2 is 2.50 bits per heavy atom. The molecule has 1 rings (SSSR count). The maximum atomic E-state index is 10.7. The number of aromatic amines is 1. The zero-order valence-corrected chi connectivity index (χ0v) is 7.04. The summed E-state index contributed by atoms with van der Waals surface area (Å²) < 4.78 is 5.23. The normalized spacial score (nSPS) is 9.75. The van der Waals surface area contributed by atoms with E-state index in [1.54, 1.807) is 6.07 Å². The van der Waals surface area contributed by atoms with E-state index in [1.807, 2.05) is 0 Å². The molecule has 0 bridgehead atoms. The van der Waals surface area contributed by atoms with Crippen molar-refractivity contribution in [2.75, 3.05) is 6.61 Å². The second-order valence-corrected chi connectivity index (χ2v) is 2.44. The Hall–Kier alpha value is -1.32. The van der Waals surface area contributed by atoms with Gasteiger partial charge in [-0.25, -0.2) is 9.78 Å². The number of rotatable bonds is 4. The van der Waals surface area contributed by atoms with Gasteiger partial charge in [0.2, 0.25) is 0 Å². The second-order valence-electron chi connectivity index (χ2n) is 2.44. The molecule has 0 spiro atoms. The Balaban J connectivity index is 2.47. The Kier molecular flexibility index (Phi) is 3.32. The lowest BCUT2D eigenvalue weighted by atomic mass is 10.4. The summed E-state index contributed by atoms with van der Waals surface area (Å²) in [5.74, 6) is 0.489. The van der Waals surface area contributed by atoms with E-state index in [2.05, 4.69) is 16.9 Å². The van der Waals surface area contributed by atoms with Crippen molar-refractivity contribution in [2.45, 2.75) is 19.8 Å². The highest BCUT2D eigenvalue weighted by Crippen LogP contribution is 2.00. The van der Waals surface area contributed by atoms with Gasteiger partial charge in [-0.05, 0) is 6.42 Å². The van der Waals surface area contributed by atoms with E-state index < -0.39 is 0 Å². The van der Waals surface area contributed by atoms with E-state index in [1.165, 1.54) is 6.20 Å².